The predicted octanol–water partition coefficient (Wildman–Crippen LogP) is 1.07. The summed E-state index contributed by atoms with van der Waals surface area (Å²) in [5.74, 6) is -0.0773. The molecule has 0 aromatic carbocycles. The van der Waals surface area contributed by atoms with E-state index in [0.29, 0.717) is 0 Å². The first-order valence-corrected chi connectivity index (χ1v) is 5.04. The second-order valence-corrected chi connectivity index (χ2v) is 4.07. The van der Waals surface area contributed by atoms with Gasteiger partial charge in [0, 0.05) is 6.54 Å². The molecule has 0 aromatic rings. The van der Waals surface area contributed by atoms with Crippen LogP contribution in [0.25, 0.3) is 0 Å². The molecular formula is C9H19ClN2O. The molecule has 1 unspecified atom stereocenters. The molecule has 1 atom stereocenters. The van der Waals surface area contributed by atoms with Crippen molar-refractivity contribution in [2.45, 2.75) is 25.1 Å². The molecule has 0 aromatic heterocycles. The summed E-state index contributed by atoms with van der Waals surface area (Å²) < 4.78 is 0. The minimum absolute atomic E-state index is 0.0773. The number of nitrogens with one attached hydrogen (secondary N) is 1. The SMILES string of the molecule is CC(Cl)C(=O)NCCCCN(C)C. The Hall–Kier alpha value is -0.280. The Balaban J connectivity index is 3.21. The van der Waals surface area contributed by atoms with Crippen LogP contribution in [-0.2, 0) is 4.79 Å². The van der Waals surface area contributed by atoms with Crippen LogP contribution in [-0.4, -0.2) is 43.4 Å². The number of rotatable bonds is 6. The molecule has 0 bridgehead atoms. The van der Waals surface area contributed by atoms with Crippen molar-refractivity contribution in [3.05, 3.63) is 0 Å². The third-order valence-electron chi connectivity index (χ3n) is 1.69. The number of hydrogen-bond donors (Lipinski definition) is 1. The van der Waals surface area contributed by atoms with E-state index >= 15 is 0 Å². The summed E-state index contributed by atoms with van der Waals surface area (Å²) in [6.45, 7) is 3.47. The second-order valence-electron chi connectivity index (χ2n) is 3.42. The van der Waals surface area contributed by atoms with E-state index in [0.717, 1.165) is 25.9 Å². The lowest BCUT2D eigenvalue weighted by atomic mass is 10.3. The third kappa shape index (κ3) is 8.06. The van der Waals surface area contributed by atoms with E-state index in [2.05, 4.69) is 10.2 Å². The van der Waals surface area contributed by atoms with Gasteiger partial charge in [0.15, 0.2) is 0 Å². The number of unbranched alkanes of at least 4 members (excludes halogenated alkanes) is 1. The summed E-state index contributed by atoms with van der Waals surface area (Å²) >= 11 is 5.57. The molecule has 0 saturated heterocycles. The standard InChI is InChI=1S/C9H19ClN2O/c1-8(10)9(13)11-6-4-5-7-12(2)3/h8H,4-7H2,1-3H3,(H,11,13). The van der Waals surface area contributed by atoms with Crippen LogP contribution in [0.3, 0.4) is 0 Å². The van der Waals surface area contributed by atoms with E-state index in [1.54, 1.807) is 6.92 Å². The van der Waals surface area contributed by atoms with Gasteiger partial charge in [0.05, 0.1) is 0 Å². The highest BCUT2D eigenvalue weighted by atomic mass is 35.5. The first kappa shape index (κ1) is 12.7. The fourth-order valence-electron chi connectivity index (χ4n) is 0.905. The van der Waals surface area contributed by atoms with Crippen LogP contribution in [0.1, 0.15) is 19.8 Å². The zero-order valence-corrected chi connectivity index (χ0v) is 9.40. The van der Waals surface area contributed by atoms with Crippen LogP contribution in [0.5, 0.6) is 0 Å². The van der Waals surface area contributed by atoms with Crippen LogP contribution in [0.2, 0.25) is 0 Å². The number of carbonyl (C=O) groups is 1. The molecule has 0 aliphatic rings. The average Bonchev–Trinajstić information content (AvgIpc) is 2.02. The topological polar surface area (TPSA) is 32.3 Å². The summed E-state index contributed by atoms with van der Waals surface area (Å²) in [4.78, 5) is 13.1. The molecule has 0 rings (SSSR count). The summed E-state index contributed by atoms with van der Waals surface area (Å²) in [5, 5.41) is 2.34. The van der Waals surface area contributed by atoms with Crippen LogP contribution in [0, 0.1) is 0 Å². The van der Waals surface area contributed by atoms with E-state index < -0.39 is 5.38 Å². The van der Waals surface area contributed by atoms with E-state index in [1.165, 1.54) is 0 Å². The number of nitrogens with zero attached hydrogens (tertiary/aromatic N) is 1. The molecule has 0 aliphatic carbocycles. The molecule has 0 fully saturated rings. The van der Waals surface area contributed by atoms with Crippen molar-refractivity contribution in [1.29, 1.82) is 0 Å². The highest BCUT2D eigenvalue weighted by Gasteiger charge is 2.06. The van der Waals surface area contributed by atoms with Gasteiger partial charge in [0.25, 0.3) is 0 Å². The molecule has 13 heavy (non-hydrogen) atoms. The average molecular weight is 207 g/mol. The first-order chi connectivity index (χ1) is 6.04. The van der Waals surface area contributed by atoms with Crippen molar-refractivity contribution in [3.8, 4) is 0 Å². The molecule has 0 heterocycles. The summed E-state index contributed by atoms with van der Waals surface area (Å²) in [6.07, 6.45) is 2.11. The fourth-order valence-corrected chi connectivity index (χ4v) is 0.982. The van der Waals surface area contributed by atoms with Crippen molar-refractivity contribution < 1.29 is 4.79 Å². The Morgan fingerprint density at radius 1 is 1.46 bits per heavy atom. The van der Waals surface area contributed by atoms with Crippen LogP contribution < -0.4 is 5.32 Å². The van der Waals surface area contributed by atoms with Crippen molar-refractivity contribution in [3.63, 3.8) is 0 Å². The normalized spacial score (nSPS) is 13.0. The van der Waals surface area contributed by atoms with Crippen LogP contribution in [0.4, 0.5) is 0 Å². The van der Waals surface area contributed by atoms with Gasteiger partial charge < -0.3 is 10.2 Å². The van der Waals surface area contributed by atoms with Gasteiger partial charge >= 0.3 is 0 Å². The number of amides is 1. The van der Waals surface area contributed by atoms with Gasteiger partial charge in [-0.15, -0.1) is 11.6 Å². The van der Waals surface area contributed by atoms with E-state index in [9.17, 15) is 4.79 Å². The summed E-state index contributed by atoms with van der Waals surface area (Å²) in [7, 11) is 4.08. The highest BCUT2D eigenvalue weighted by molar-refractivity contribution is 6.30. The van der Waals surface area contributed by atoms with Crippen LogP contribution >= 0.6 is 11.6 Å². The monoisotopic (exact) mass is 206 g/mol. The zero-order valence-electron chi connectivity index (χ0n) is 8.64. The van der Waals surface area contributed by atoms with Crippen molar-refractivity contribution in [2.24, 2.45) is 0 Å². The molecule has 0 saturated carbocycles. The number of halogens is 1. The van der Waals surface area contributed by atoms with E-state index in [-0.39, 0.29) is 5.91 Å². The maximum absolute atomic E-state index is 11.0. The smallest absolute Gasteiger partial charge is 0.237 e. The lowest BCUT2D eigenvalue weighted by Crippen LogP contribution is -2.30. The maximum Gasteiger partial charge on any atom is 0.237 e. The molecular weight excluding hydrogens is 188 g/mol. The Labute approximate surface area is 85.4 Å². The van der Waals surface area contributed by atoms with Gasteiger partial charge in [-0.2, -0.15) is 0 Å². The zero-order chi connectivity index (χ0) is 10.3. The predicted molar refractivity (Wildman–Crippen MR) is 56.1 cm³/mol. The Morgan fingerprint density at radius 2 is 2.08 bits per heavy atom. The fraction of sp³-hybridized carbons (Fsp3) is 0.889. The van der Waals surface area contributed by atoms with E-state index in [1.807, 2.05) is 14.1 Å². The van der Waals surface area contributed by atoms with Crippen molar-refractivity contribution in [1.82, 2.24) is 10.2 Å². The molecule has 1 amide bonds. The van der Waals surface area contributed by atoms with Crippen molar-refractivity contribution >= 4 is 17.5 Å². The lowest BCUT2D eigenvalue weighted by Gasteiger charge is -2.09. The Morgan fingerprint density at radius 3 is 2.54 bits per heavy atom. The quantitative estimate of drug-likeness (QED) is 0.521. The van der Waals surface area contributed by atoms with Gasteiger partial charge in [-0.05, 0) is 40.4 Å². The van der Waals surface area contributed by atoms with Gasteiger partial charge in [0.1, 0.15) is 5.38 Å². The molecule has 3 nitrogen and oxygen atoms in total. The molecule has 0 spiro atoms. The van der Waals surface area contributed by atoms with Gasteiger partial charge in [-0.1, -0.05) is 0 Å². The maximum atomic E-state index is 11.0. The van der Waals surface area contributed by atoms with Gasteiger partial charge in [-0.3, -0.25) is 4.79 Å². The second kappa shape index (κ2) is 7.15. The summed E-state index contributed by atoms with van der Waals surface area (Å²) in [6, 6.07) is 0. The molecule has 0 radical (unpaired) electrons. The Kier molecular flexibility index (Phi) is 7.00. The van der Waals surface area contributed by atoms with Crippen molar-refractivity contribution in [2.75, 3.05) is 27.2 Å². The highest BCUT2D eigenvalue weighted by Crippen LogP contribution is 1.93. The largest absolute Gasteiger partial charge is 0.355 e. The van der Waals surface area contributed by atoms with Gasteiger partial charge in [-0.25, -0.2) is 0 Å². The summed E-state index contributed by atoms with van der Waals surface area (Å²) in [5.41, 5.74) is 0. The molecule has 4 heteroatoms. The first-order valence-electron chi connectivity index (χ1n) is 4.60. The number of alkyl halides is 1. The molecule has 1 N–H and O–H groups in total. The number of carbonyl (C=O) groups excluding carboxylic acids is 1. The molecule has 0 aliphatic heterocycles. The Bertz CT molecular complexity index is 149. The lowest BCUT2D eigenvalue weighted by molar-refractivity contribution is -0.120. The third-order valence-corrected chi connectivity index (χ3v) is 1.89. The van der Waals surface area contributed by atoms with E-state index in [4.69, 9.17) is 11.6 Å². The minimum Gasteiger partial charge on any atom is -0.355 e. The minimum atomic E-state index is -0.422. The molecule has 78 valence electrons. The van der Waals surface area contributed by atoms with Gasteiger partial charge in [0.2, 0.25) is 5.91 Å². The van der Waals surface area contributed by atoms with Crippen LogP contribution in [0.15, 0.2) is 0 Å². The number of hydrogen-bond acceptors (Lipinski definition) is 2.